The van der Waals surface area contributed by atoms with Gasteiger partial charge in [-0.1, -0.05) is 0 Å². The Labute approximate surface area is 123 Å². The first kappa shape index (κ1) is 14.3. The molecule has 20 heavy (non-hydrogen) atoms. The molecule has 2 unspecified atom stereocenters. The molecule has 1 saturated heterocycles. The van der Waals surface area contributed by atoms with Gasteiger partial charge in [0.15, 0.2) is 0 Å². The van der Waals surface area contributed by atoms with Gasteiger partial charge in [-0.15, -0.1) is 0 Å². The fourth-order valence-electron chi connectivity index (χ4n) is 3.68. The summed E-state index contributed by atoms with van der Waals surface area (Å²) in [6.07, 6.45) is 7.59. The van der Waals surface area contributed by atoms with Crippen LogP contribution in [0.2, 0.25) is 0 Å². The number of hydrogen-bond donors (Lipinski definition) is 1. The van der Waals surface area contributed by atoms with Crippen LogP contribution in [0, 0.1) is 17.2 Å². The standard InChI is InChI=1S/C16H28N4/c1-19(10-15-4-3-9-20(15)2)12-16(11-17,13-5-6-13)18-14-7-8-14/h13-15,18H,3-10,12H2,1-2H3. The van der Waals surface area contributed by atoms with Gasteiger partial charge in [-0.2, -0.15) is 5.26 Å². The van der Waals surface area contributed by atoms with Crippen molar-refractivity contribution in [2.75, 3.05) is 33.7 Å². The van der Waals surface area contributed by atoms with Gasteiger partial charge in [0.05, 0.1) is 6.07 Å². The fraction of sp³-hybridized carbons (Fsp3) is 0.938. The normalized spacial score (nSPS) is 30.4. The van der Waals surface area contributed by atoms with Crippen molar-refractivity contribution in [1.29, 1.82) is 5.26 Å². The van der Waals surface area contributed by atoms with Crippen LogP contribution < -0.4 is 5.32 Å². The van der Waals surface area contributed by atoms with Crippen LogP contribution in [0.3, 0.4) is 0 Å². The third kappa shape index (κ3) is 3.16. The van der Waals surface area contributed by atoms with Crippen LogP contribution in [0.25, 0.3) is 0 Å². The molecule has 1 aliphatic heterocycles. The minimum absolute atomic E-state index is 0.285. The highest BCUT2D eigenvalue weighted by Gasteiger charge is 2.48. The Bertz CT molecular complexity index is 382. The number of hydrogen-bond acceptors (Lipinski definition) is 4. The molecule has 2 saturated carbocycles. The second-order valence-electron chi connectivity index (χ2n) is 7.25. The largest absolute Gasteiger partial charge is 0.302 e. The molecule has 1 N–H and O–H groups in total. The molecule has 3 rings (SSSR count). The SMILES string of the molecule is CN(CC1CCCN1C)CC(C#N)(NC1CC1)C1CC1. The summed E-state index contributed by atoms with van der Waals surface area (Å²) >= 11 is 0. The van der Waals surface area contributed by atoms with Crippen molar-refractivity contribution >= 4 is 0 Å². The summed E-state index contributed by atoms with van der Waals surface area (Å²) in [5.74, 6) is 0.580. The number of nitrogens with one attached hydrogen (secondary N) is 1. The first-order valence-corrected chi connectivity index (χ1v) is 8.21. The summed E-state index contributed by atoms with van der Waals surface area (Å²) in [6, 6.07) is 3.94. The molecule has 0 bridgehead atoms. The predicted molar refractivity (Wildman–Crippen MR) is 80.4 cm³/mol. The predicted octanol–water partition coefficient (Wildman–Crippen LogP) is 1.44. The van der Waals surface area contributed by atoms with Crippen LogP contribution in [-0.2, 0) is 0 Å². The van der Waals surface area contributed by atoms with Gasteiger partial charge < -0.3 is 9.80 Å². The van der Waals surface area contributed by atoms with Crippen LogP contribution in [0.5, 0.6) is 0 Å². The molecule has 4 heteroatoms. The molecule has 3 aliphatic rings. The van der Waals surface area contributed by atoms with E-state index in [0.29, 0.717) is 18.0 Å². The Morgan fingerprint density at radius 3 is 2.55 bits per heavy atom. The Kier molecular flexibility index (Phi) is 4.03. The molecule has 0 amide bonds. The van der Waals surface area contributed by atoms with Crippen LogP contribution in [0.1, 0.15) is 38.5 Å². The van der Waals surface area contributed by atoms with E-state index >= 15 is 0 Å². The monoisotopic (exact) mass is 276 g/mol. The molecule has 112 valence electrons. The van der Waals surface area contributed by atoms with E-state index in [1.165, 1.54) is 45.1 Å². The summed E-state index contributed by atoms with van der Waals surface area (Å²) in [5.41, 5.74) is -0.285. The molecule has 4 nitrogen and oxygen atoms in total. The molecular formula is C16H28N4. The summed E-state index contributed by atoms with van der Waals surface area (Å²) in [4.78, 5) is 4.86. The first-order chi connectivity index (χ1) is 9.63. The molecule has 0 aromatic carbocycles. The fourth-order valence-corrected chi connectivity index (χ4v) is 3.68. The van der Waals surface area contributed by atoms with Crippen molar-refractivity contribution in [2.45, 2.75) is 56.1 Å². The lowest BCUT2D eigenvalue weighted by atomic mass is 9.93. The summed E-state index contributed by atoms with van der Waals surface area (Å²) in [7, 11) is 4.42. The third-order valence-electron chi connectivity index (χ3n) is 5.23. The van der Waals surface area contributed by atoms with Crippen molar-refractivity contribution in [3.8, 4) is 6.07 Å². The molecule has 0 aromatic heterocycles. The zero-order chi connectivity index (χ0) is 14.2. The van der Waals surface area contributed by atoms with Gasteiger partial charge >= 0.3 is 0 Å². The smallest absolute Gasteiger partial charge is 0.122 e. The Hall–Kier alpha value is -0.630. The van der Waals surface area contributed by atoms with Crippen molar-refractivity contribution in [3.63, 3.8) is 0 Å². The van der Waals surface area contributed by atoms with Crippen LogP contribution in [0.15, 0.2) is 0 Å². The van der Waals surface area contributed by atoms with E-state index in [4.69, 9.17) is 0 Å². The van der Waals surface area contributed by atoms with Gasteiger partial charge in [0.2, 0.25) is 0 Å². The second kappa shape index (κ2) is 5.63. The zero-order valence-corrected chi connectivity index (χ0v) is 12.9. The average Bonchev–Trinajstić information content (AvgIpc) is 3.31. The number of likely N-dealkylation sites (tertiary alicyclic amines) is 1. The van der Waals surface area contributed by atoms with Gasteiger partial charge in [-0.05, 0) is 65.1 Å². The van der Waals surface area contributed by atoms with Crippen molar-refractivity contribution in [3.05, 3.63) is 0 Å². The Balaban J connectivity index is 1.58. The van der Waals surface area contributed by atoms with E-state index in [1.54, 1.807) is 0 Å². The second-order valence-corrected chi connectivity index (χ2v) is 7.25. The Morgan fingerprint density at radius 1 is 1.30 bits per heavy atom. The highest BCUT2D eigenvalue weighted by Crippen LogP contribution is 2.41. The molecule has 2 aliphatic carbocycles. The zero-order valence-electron chi connectivity index (χ0n) is 12.9. The Morgan fingerprint density at radius 2 is 2.05 bits per heavy atom. The molecule has 0 aromatic rings. The quantitative estimate of drug-likeness (QED) is 0.764. The topological polar surface area (TPSA) is 42.3 Å². The van der Waals surface area contributed by atoms with E-state index < -0.39 is 0 Å². The summed E-state index contributed by atoms with van der Waals surface area (Å²) in [5, 5.41) is 13.4. The van der Waals surface area contributed by atoms with Gasteiger partial charge in [0.1, 0.15) is 5.54 Å². The van der Waals surface area contributed by atoms with E-state index in [0.717, 1.165) is 13.1 Å². The van der Waals surface area contributed by atoms with Gasteiger partial charge in [-0.25, -0.2) is 0 Å². The first-order valence-electron chi connectivity index (χ1n) is 8.21. The lowest BCUT2D eigenvalue weighted by Gasteiger charge is -2.34. The van der Waals surface area contributed by atoms with Crippen molar-refractivity contribution in [2.24, 2.45) is 5.92 Å². The highest BCUT2D eigenvalue weighted by molar-refractivity contribution is 5.18. The van der Waals surface area contributed by atoms with Crippen molar-refractivity contribution < 1.29 is 0 Å². The lowest BCUT2D eigenvalue weighted by Crippen LogP contribution is -2.55. The number of rotatable bonds is 7. The summed E-state index contributed by atoms with van der Waals surface area (Å²) in [6.45, 7) is 3.21. The highest BCUT2D eigenvalue weighted by atomic mass is 15.2. The van der Waals surface area contributed by atoms with Crippen molar-refractivity contribution in [1.82, 2.24) is 15.1 Å². The summed E-state index contributed by atoms with van der Waals surface area (Å²) < 4.78 is 0. The van der Waals surface area contributed by atoms with Gasteiger partial charge in [0.25, 0.3) is 0 Å². The maximum atomic E-state index is 9.78. The molecule has 2 atom stereocenters. The van der Waals surface area contributed by atoms with Crippen LogP contribution in [-0.4, -0.2) is 61.2 Å². The third-order valence-corrected chi connectivity index (χ3v) is 5.23. The number of nitrogens with zero attached hydrogens (tertiary/aromatic N) is 3. The molecular weight excluding hydrogens is 248 g/mol. The van der Waals surface area contributed by atoms with E-state index in [-0.39, 0.29) is 5.54 Å². The van der Waals surface area contributed by atoms with E-state index in [1.807, 2.05) is 0 Å². The lowest BCUT2D eigenvalue weighted by molar-refractivity contribution is 0.178. The van der Waals surface area contributed by atoms with Crippen LogP contribution in [0.4, 0.5) is 0 Å². The van der Waals surface area contributed by atoms with E-state index in [9.17, 15) is 5.26 Å². The molecule has 0 spiro atoms. The maximum absolute atomic E-state index is 9.78. The number of nitriles is 1. The minimum atomic E-state index is -0.285. The number of likely N-dealkylation sites (N-methyl/N-ethyl adjacent to an activating group) is 2. The maximum Gasteiger partial charge on any atom is 0.122 e. The van der Waals surface area contributed by atoms with Gasteiger partial charge in [-0.3, -0.25) is 5.32 Å². The average molecular weight is 276 g/mol. The molecule has 1 heterocycles. The molecule has 3 fully saturated rings. The van der Waals surface area contributed by atoms with Gasteiger partial charge in [0, 0.05) is 25.2 Å². The minimum Gasteiger partial charge on any atom is -0.302 e. The van der Waals surface area contributed by atoms with Crippen LogP contribution >= 0.6 is 0 Å². The van der Waals surface area contributed by atoms with E-state index in [2.05, 4.69) is 35.3 Å². The molecule has 0 radical (unpaired) electrons.